The van der Waals surface area contributed by atoms with E-state index in [1.54, 1.807) is 0 Å². The molecule has 0 radical (unpaired) electrons. The summed E-state index contributed by atoms with van der Waals surface area (Å²) in [7, 11) is 0. The van der Waals surface area contributed by atoms with Gasteiger partial charge in [-0.1, -0.05) is 58.4 Å². The van der Waals surface area contributed by atoms with Crippen molar-refractivity contribution in [2.24, 2.45) is 0 Å². The highest BCUT2D eigenvalue weighted by Gasteiger charge is 2.29. The van der Waals surface area contributed by atoms with Crippen molar-refractivity contribution < 1.29 is 4.79 Å². The quantitative estimate of drug-likeness (QED) is 0.786. The van der Waals surface area contributed by atoms with Crippen LogP contribution in [0, 0.1) is 0 Å². The van der Waals surface area contributed by atoms with Crippen LogP contribution in [0.4, 0.5) is 0 Å². The number of hydrogen-bond acceptors (Lipinski definition) is 3. The van der Waals surface area contributed by atoms with E-state index in [1.807, 2.05) is 42.5 Å². The van der Waals surface area contributed by atoms with E-state index in [0.717, 1.165) is 16.5 Å². The Kier molecular flexibility index (Phi) is 4.87. The smallest absolute Gasteiger partial charge is 0.238 e. The van der Waals surface area contributed by atoms with Gasteiger partial charge in [-0.3, -0.25) is 4.79 Å². The second-order valence-corrected chi connectivity index (χ2v) is 6.30. The molecule has 0 aromatic heterocycles. The molecule has 2 unspecified atom stereocenters. The maximum atomic E-state index is 12.2. The van der Waals surface area contributed by atoms with E-state index in [-0.39, 0.29) is 18.0 Å². The molecule has 1 heterocycles. The molecule has 0 saturated carbocycles. The zero-order valence-electron chi connectivity index (χ0n) is 12.1. The SMILES string of the molecule is O=C(NCc1ccccc1)C1CC(c2ccc(Br)cc2)NN1. The van der Waals surface area contributed by atoms with Crippen molar-refractivity contribution in [1.29, 1.82) is 0 Å². The number of hydrogen-bond donors (Lipinski definition) is 3. The van der Waals surface area contributed by atoms with Gasteiger partial charge in [0.1, 0.15) is 6.04 Å². The van der Waals surface area contributed by atoms with Crippen molar-refractivity contribution in [1.82, 2.24) is 16.2 Å². The fourth-order valence-corrected chi connectivity index (χ4v) is 2.81. The Hall–Kier alpha value is -1.69. The van der Waals surface area contributed by atoms with Crippen molar-refractivity contribution in [2.45, 2.75) is 25.0 Å². The first-order chi connectivity index (χ1) is 10.7. The highest BCUT2D eigenvalue weighted by molar-refractivity contribution is 9.10. The topological polar surface area (TPSA) is 53.2 Å². The van der Waals surface area contributed by atoms with Crippen LogP contribution in [0.15, 0.2) is 59.1 Å². The molecule has 3 N–H and O–H groups in total. The minimum Gasteiger partial charge on any atom is -0.351 e. The Morgan fingerprint density at radius 1 is 1.09 bits per heavy atom. The normalized spacial score (nSPS) is 20.8. The van der Waals surface area contributed by atoms with Crippen LogP contribution in [0.3, 0.4) is 0 Å². The second-order valence-electron chi connectivity index (χ2n) is 5.38. The lowest BCUT2D eigenvalue weighted by atomic mass is 10.0. The molecular formula is C17H18BrN3O. The number of amides is 1. The summed E-state index contributed by atoms with van der Waals surface area (Å²) in [6, 6.07) is 18.0. The summed E-state index contributed by atoms with van der Waals surface area (Å²) in [5, 5.41) is 2.97. The van der Waals surface area contributed by atoms with Crippen LogP contribution in [0.1, 0.15) is 23.6 Å². The first kappa shape index (κ1) is 15.2. The van der Waals surface area contributed by atoms with E-state index in [4.69, 9.17) is 0 Å². The van der Waals surface area contributed by atoms with Gasteiger partial charge in [0.15, 0.2) is 0 Å². The van der Waals surface area contributed by atoms with Crippen LogP contribution < -0.4 is 16.2 Å². The van der Waals surface area contributed by atoms with E-state index in [2.05, 4.69) is 44.2 Å². The molecule has 0 aliphatic carbocycles. The third kappa shape index (κ3) is 3.74. The summed E-state index contributed by atoms with van der Waals surface area (Å²) in [5.41, 5.74) is 8.56. The number of carbonyl (C=O) groups excluding carboxylic acids is 1. The Morgan fingerprint density at radius 3 is 2.55 bits per heavy atom. The number of carbonyl (C=O) groups is 1. The Morgan fingerprint density at radius 2 is 1.82 bits per heavy atom. The Labute approximate surface area is 138 Å². The molecule has 114 valence electrons. The molecule has 1 amide bonds. The monoisotopic (exact) mass is 359 g/mol. The van der Waals surface area contributed by atoms with Gasteiger partial charge in [0.05, 0.1) is 0 Å². The predicted octanol–water partition coefficient (Wildman–Crippen LogP) is 2.67. The zero-order valence-corrected chi connectivity index (χ0v) is 13.6. The zero-order chi connectivity index (χ0) is 15.4. The van der Waals surface area contributed by atoms with Crippen molar-refractivity contribution in [2.75, 3.05) is 0 Å². The van der Waals surface area contributed by atoms with Crippen molar-refractivity contribution in [3.63, 3.8) is 0 Å². The molecule has 0 bridgehead atoms. The number of halogens is 1. The van der Waals surface area contributed by atoms with E-state index < -0.39 is 0 Å². The fraction of sp³-hybridized carbons (Fsp3) is 0.235. The van der Waals surface area contributed by atoms with Gasteiger partial charge in [-0.05, 0) is 29.7 Å². The Balaban J connectivity index is 1.53. The molecule has 4 nitrogen and oxygen atoms in total. The number of rotatable bonds is 4. The summed E-state index contributed by atoms with van der Waals surface area (Å²) in [5.74, 6) is 0.0240. The van der Waals surface area contributed by atoms with E-state index in [9.17, 15) is 4.79 Å². The maximum Gasteiger partial charge on any atom is 0.238 e. The molecule has 1 saturated heterocycles. The Bertz CT molecular complexity index is 630. The van der Waals surface area contributed by atoms with Crippen LogP contribution in [-0.4, -0.2) is 11.9 Å². The van der Waals surface area contributed by atoms with Gasteiger partial charge in [0.25, 0.3) is 0 Å². The molecule has 1 aliphatic rings. The summed E-state index contributed by atoms with van der Waals surface area (Å²) < 4.78 is 1.05. The van der Waals surface area contributed by atoms with E-state index in [1.165, 1.54) is 5.56 Å². The van der Waals surface area contributed by atoms with Gasteiger partial charge in [-0.15, -0.1) is 0 Å². The molecule has 1 aliphatic heterocycles. The van der Waals surface area contributed by atoms with Crippen LogP contribution in [0.25, 0.3) is 0 Å². The standard InChI is InChI=1S/C17H18BrN3O/c18-14-8-6-13(7-9-14)15-10-16(21-20-15)17(22)19-11-12-4-2-1-3-5-12/h1-9,15-16,20-21H,10-11H2,(H,19,22). The summed E-state index contributed by atoms with van der Waals surface area (Å²) in [4.78, 5) is 12.2. The van der Waals surface area contributed by atoms with Gasteiger partial charge in [0, 0.05) is 17.1 Å². The highest BCUT2D eigenvalue weighted by Crippen LogP contribution is 2.23. The number of hydrazine groups is 1. The molecule has 2 aromatic rings. The average molecular weight is 360 g/mol. The predicted molar refractivity (Wildman–Crippen MR) is 89.8 cm³/mol. The highest BCUT2D eigenvalue weighted by atomic mass is 79.9. The number of nitrogens with one attached hydrogen (secondary N) is 3. The lowest BCUT2D eigenvalue weighted by Gasteiger charge is -2.11. The third-order valence-electron chi connectivity index (χ3n) is 3.80. The third-order valence-corrected chi connectivity index (χ3v) is 4.33. The van der Waals surface area contributed by atoms with Gasteiger partial charge in [-0.2, -0.15) is 0 Å². The molecule has 2 aromatic carbocycles. The average Bonchev–Trinajstić information content (AvgIpc) is 3.04. The van der Waals surface area contributed by atoms with Gasteiger partial charge in [0.2, 0.25) is 5.91 Å². The molecule has 0 spiro atoms. The maximum absolute atomic E-state index is 12.2. The fourth-order valence-electron chi connectivity index (χ4n) is 2.55. The van der Waals surface area contributed by atoms with Crippen LogP contribution in [-0.2, 0) is 11.3 Å². The molecule has 1 fully saturated rings. The van der Waals surface area contributed by atoms with E-state index >= 15 is 0 Å². The first-order valence-electron chi connectivity index (χ1n) is 7.30. The van der Waals surface area contributed by atoms with Crippen LogP contribution >= 0.6 is 15.9 Å². The van der Waals surface area contributed by atoms with Crippen molar-refractivity contribution >= 4 is 21.8 Å². The lowest BCUT2D eigenvalue weighted by molar-refractivity contribution is -0.123. The van der Waals surface area contributed by atoms with Crippen molar-refractivity contribution in [3.05, 3.63) is 70.2 Å². The minimum absolute atomic E-state index is 0.0240. The van der Waals surface area contributed by atoms with Crippen LogP contribution in [0.2, 0.25) is 0 Å². The molecule has 2 atom stereocenters. The van der Waals surface area contributed by atoms with Gasteiger partial charge < -0.3 is 5.32 Å². The summed E-state index contributed by atoms with van der Waals surface area (Å²) >= 11 is 3.43. The lowest BCUT2D eigenvalue weighted by Crippen LogP contribution is -2.42. The summed E-state index contributed by atoms with van der Waals surface area (Å²) in [6.45, 7) is 0.556. The van der Waals surface area contributed by atoms with Crippen LogP contribution in [0.5, 0.6) is 0 Å². The molecular weight excluding hydrogens is 342 g/mol. The summed E-state index contributed by atoms with van der Waals surface area (Å²) in [6.07, 6.45) is 0.738. The first-order valence-corrected chi connectivity index (χ1v) is 8.10. The minimum atomic E-state index is -0.211. The van der Waals surface area contributed by atoms with Gasteiger partial charge >= 0.3 is 0 Å². The molecule has 3 rings (SSSR count). The largest absolute Gasteiger partial charge is 0.351 e. The van der Waals surface area contributed by atoms with E-state index in [0.29, 0.717) is 6.54 Å². The number of benzene rings is 2. The van der Waals surface area contributed by atoms with Gasteiger partial charge in [-0.25, -0.2) is 10.9 Å². The molecule has 22 heavy (non-hydrogen) atoms. The second kappa shape index (κ2) is 7.05. The van der Waals surface area contributed by atoms with Crippen molar-refractivity contribution in [3.8, 4) is 0 Å². The molecule has 5 heteroatoms.